The Bertz CT molecular complexity index is 643. The van der Waals surface area contributed by atoms with Crippen molar-refractivity contribution < 1.29 is 14.6 Å². The Kier molecular flexibility index (Phi) is 5.53. The number of hydrogen-bond acceptors (Lipinski definition) is 5. The molecule has 5 heteroatoms. The van der Waals surface area contributed by atoms with Gasteiger partial charge in [-0.3, -0.25) is 4.98 Å². The van der Waals surface area contributed by atoms with Crippen LogP contribution in [-0.4, -0.2) is 28.3 Å². The molecule has 0 saturated heterocycles. The summed E-state index contributed by atoms with van der Waals surface area (Å²) >= 11 is 1.57. The van der Waals surface area contributed by atoms with Gasteiger partial charge in [0.15, 0.2) is 0 Å². The minimum absolute atomic E-state index is 0.204. The highest BCUT2D eigenvalue weighted by molar-refractivity contribution is 7.17. The molecular formula is C17H23NO3S. The lowest BCUT2D eigenvalue weighted by Crippen LogP contribution is -2.24. The van der Waals surface area contributed by atoms with Crippen LogP contribution in [0.2, 0.25) is 0 Å². The maximum absolute atomic E-state index is 12.4. The summed E-state index contributed by atoms with van der Waals surface area (Å²) in [6, 6.07) is 3.86. The van der Waals surface area contributed by atoms with E-state index in [9.17, 15) is 4.79 Å². The molecule has 0 bridgehead atoms. The third-order valence-electron chi connectivity index (χ3n) is 3.21. The van der Waals surface area contributed by atoms with E-state index in [1.807, 2.05) is 38.3 Å². The Morgan fingerprint density at radius 1 is 1.32 bits per heavy atom. The first-order valence-electron chi connectivity index (χ1n) is 7.62. The fourth-order valence-electron chi connectivity index (χ4n) is 2.22. The van der Waals surface area contributed by atoms with Crippen molar-refractivity contribution in [1.82, 2.24) is 4.98 Å². The van der Waals surface area contributed by atoms with Crippen molar-refractivity contribution in [2.45, 2.75) is 52.1 Å². The quantitative estimate of drug-likeness (QED) is 0.646. The number of fused-ring (bicyclic) bond motifs is 1. The van der Waals surface area contributed by atoms with Crippen LogP contribution in [0.25, 0.3) is 10.2 Å². The molecule has 2 rings (SSSR count). The first-order chi connectivity index (χ1) is 10.4. The summed E-state index contributed by atoms with van der Waals surface area (Å²) in [6.45, 7) is 5.80. The molecule has 0 unspecified atom stereocenters. The van der Waals surface area contributed by atoms with Crippen molar-refractivity contribution in [2.75, 3.05) is 6.61 Å². The van der Waals surface area contributed by atoms with Crippen molar-refractivity contribution >= 4 is 27.5 Å². The molecule has 2 aromatic rings. The number of aryl methyl sites for hydroxylation is 1. The number of aliphatic hydroxyl groups excluding tert-OH is 1. The van der Waals surface area contributed by atoms with Gasteiger partial charge >= 0.3 is 5.97 Å². The van der Waals surface area contributed by atoms with Crippen molar-refractivity contribution in [3.63, 3.8) is 0 Å². The molecule has 0 atom stereocenters. The number of ether oxygens (including phenoxy) is 1. The minimum atomic E-state index is -0.518. The number of aliphatic hydroxyl groups is 1. The predicted molar refractivity (Wildman–Crippen MR) is 89.4 cm³/mol. The van der Waals surface area contributed by atoms with E-state index in [1.54, 1.807) is 11.3 Å². The summed E-state index contributed by atoms with van der Waals surface area (Å²) in [4.78, 5) is 17.1. The van der Waals surface area contributed by atoms with Gasteiger partial charge in [-0.15, -0.1) is 11.3 Å². The van der Waals surface area contributed by atoms with Crippen LogP contribution < -0.4 is 0 Å². The van der Waals surface area contributed by atoms with Gasteiger partial charge in [0.25, 0.3) is 0 Å². The van der Waals surface area contributed by atoms with Crippen LogP contribution in [0.5, 0.6) is 0 Å². The molecule has 0 saturated carbocycles. The van der Waals surface area contributed by atoms with Crippen molar-refractivity contribution in [3.8, 4) is 0 Å². The minimum Gasteiger partial charge on any atom is -0.456 e. The van der Waals surface area contributed by atoms with Crippen molar-refractivity contribution in [2.24, 2.45) is 0 Å². The average molecular weight is 321 g/mol. The zero-order valence-electron chi connectivity index (χ0n) is 13.4. The van der Waals surface area contributed by atoms with Gasteiger partial charge in [-0.1, -0.05) is 6.42 Å². The average Bonchev–Trinajstić information content (AvgIpc) is 2.88. The van der Waals surface area contributed by atoms with Gasteiger partial charge in [-0.25, -0.2) is 4.79 Å². The van der Waals surface area contributed by atoms with Gasteiger partial charge < -0.3 is 9.84 Å². The monoisotopic (exact) mass is 321 g/mol. The van der Waals surface area contributed by atoms with Crippen LogP contribution in [-0.2, 0) is 11.2 Å². The molecule has 0 amide bonds. The highest BCUT2D eigenvalue weighted by Gasteiger charge is 2.21. The smallest absolute Gasteiger partial charge is 0.340 e. The second-order valence-corrected chi connectivity index (χ2v) is 7.27. The molecule has 22 heavy (non-hydrogen) atoms. The fourth-order valence-corrected chi connectivity index (χ4v) is 2.98. The molecule has 0 fully saturated rings. The third kappa shape index (κ3) is 4.52. The van der Waals surface area contributed by atoms with Gasteiger partial charge in [0.2, 0.25) is 0 Å². The SMILES string of the molecule is CC(C)(C)OC(=O)c1cc2sccc2nc1CCCCCO. The Morgan fingerprint density at radius 3 is 2.77 bits per heavy atom. The number of rotatable bonds is 6. The second-order valence-electron chi connectivity index (χ2n) is 6.32. The van der Waals surface area contributed by atoms with Gasteiger partial charge in [0, 0.05) is 6.61 Å². The van der Waals surface area contributed by atoms with Crippen molar-refractivity contribution in [1.29, 1.82) is 0 Å². The lowest BCUT2D eigenvalue weighted by Gasteiger charge is -2.20. The van der Waals surface area contributed by atoms with E-state index in [-0.39, 0.29) is 12.6 Å². The lowest BCUT2D eigenvalue weighted by molar-refractivity contribution is 0.00680. The number of hydrogen-bond donors (Lipinski definition) is 1. The Balaban J connectivity index is 2.26. The van der Waals surface area contributed by atoms with Crippen LogP contribution in [0.15, 0.2) is 17.5 Å². The Hall–Kier alpha value is -1.46. The highest BCUT2D eigenvalue weighted by Crippen LogP contribution is 2.25. The van der Waals surface area contributed by atoms with Gasteiger partial charge in [0.1, 0.15) is 5.60 Å². The van der Waals surface area contributed by atoms with Gasteiger partial charge in [-0.2, -0.15) is 0 Å². The number of nitrogens with zero attached hydrogens (tertiary/aromatic N) is 1. The van der Waals surface area contributed by atoms with E-state index in [0.29, 0.717) is 5.56 Å². The number of carbonyl (C=O) groups is 1. The topological polar surface area (TPSA) is 59.4 Å². The molecule has 0 aliphatic rings. The molecule has 0 spiro atoms. The molecule has 2 aromatic heterocycles. The fraction of sp³-hybridized carbons (Fsp3) is 0.529. The molecule has 0 radical (unpaired) electrons. The molecule has 120 valence electrons. The zero-order chi connectivity index (χ0) is 16.2. The first kappa shape index (κ1) is 16.9. The number of unbranched alkanes of at least 4 members (excludes halogenated alkanes) is 2. The van der Waals surface area contributed by atoms with E-state index in [1.165, 1.54) is 0 Å². The number of carbonyl (C=O) groups excluding carboxylic acids is 1. The molecule has 4 nitrogen and oxygen atoms in total. The largest absolute Gasteiger partial charge is 0.456 e. The molecular weight excluding hydrogens is 298 g/mol. The standard InChI is InChI=1S/C17H23NO3S/c1-17(2,3)21-16(20)12-11-15-14(8-10-22-15)18-13(12)7-5-4-6-9-19/h8,10-11,19H,4-7,9H2,1-3H3. The summed E-state index contributed by atoms with van der Waals surface area (Å²) in [6.07, 6.45) is 3.33. The highest BCUT2D eigenvalue weighted by atomic mass is 32.1. The number of aromatic nitrogens is 1. The molecule has 2 heterocycles. The molecule has 0 aromatic carbocycles. The third-order valence-corrected chi connectivity index (χ3v) is 4.06. The van der Waals surface area contributed by atoms with Gasteiger partial charge in [0.05, 0.1) is 21.5 Å². The van der Waals surface area contributed by atoms with E-state index >= 15 is 0 Å². The van der Waals surface area contributed by atoms with Gasteiger partial charge in [-0.05, 0) is 57.5 Å². The van der Waals surface area contributed by atoms with Crippen LogP contribution in [0.1, 0.15) is 56.1 Å². The van der Waals surface area contributed by atoms with E-state index in [4.69, 9.17) is 9.84 Å². The van der Waals surface area contributed by atoms with Crippen LogP contribution >= 0.6 is 11.3 Å². The van der Waals surface area contributed by atoms with E-state index in [0.717, 1.165) is 41.6 Å². The lowest BCUT2D eigenvalue weighted by atomic mass is 10.1. The maximum atomic E-state index is 12.4. The molecule has 0 aliphatic carbocycles. The summed E-state index contributed by atoms with van der Waals surface area (Å²) in [5, 5.41) is 10.8. The maximum Gasteiger partial charge on any atom is 0.340 e. The number of pyridine rings is 1. The Morgan fingerprint density at radius 2 is 2.09 bits per heavy atom. The summed E-state index contributed by atoms with van der Waals surface area (Å²) in [5.74, 6) is -0.313. The zero-order valence-corrected chi connectivity index (χ0v) is 14.2. The van der Waals surface area contributed by atoms with Crippen molar-refractivity contribution in [3.05, 3.63) is 28.8 Å². The summed E-state index contributed by atoms with van der Waals surface area (Å²) in [7, 11) is 0. The van der Waals surface area contributed by atoms with Crippen LogP contribution in [0.4, 0.5) is 0 Å². The normalized spacial score (nSPS) is 11.8. The van der Waals surface area contributed by atoms with Crippen LogP contribution in [0.3, 0.4) is 0 Å². The number of thiophene rings is 1. The molecule has 1 N–H and O–H groups in total. The first-order valence-corrected chi connectivity index (χ1v) is 8.50. The summed E-state index contributed by atoms with van der Waals surface area (Å²) < 4.78 is 6.50. The molecule has 0 aliphatic heterocycles. The summed E-state index contributed by atoms with van der Waals surface area (Å²) in [5.41, 5.74) is 1.76. The Labute approximate surface area is 135 Å². The second kappa shape index (κ2) is 7.20. The number of esters is 1. The van der Waals surface area contributed by atoms with E-state index < -0.39 is 5.60 Å². The van der Waals surface area contributed by atoms with E-state index in [2.05, 4.69) is 4.98 Å². The predicted octanol–water partition coefficient (Wildman–Crippen LogP) is 3.96. The van der Waals surface area contributed by atoms with Crippen LogP contribution in [0, 0.1) is 0 Å².